The fourth-order valence-corrected chi connectivity index (χ4v) is 2.38. The Morgan fingerprint density at radius 3 is 3.18 bits per heavy atom. The van der Waals surface area contributed by atoms with Crippen LogP contribution in [0.25, 0.3) is 5.69 Å². The lowest BCUT2D eigenvalue weighted by Crippen LogP contribution is -2.23. The first-order valence-corrected chi connectivity index (χ1v) is 6.09. The molecule has 0 amide bonds. The van der Waals surface area contributed by atoms with Gasteiger partial charge in [-0.05, 0) is 43.5 Å². The zero-order valence-corrected chi connectivity index (χ0v) is 9.71. The van der Waals surface area contributed by atoms with E-state index in [-0.39, 0.29) is 0 Å². The van der Waals surface area contributed by atoms with Crippen LogP contribution in [0.1, 0.15) is 18.4 Å². The van der Waals surface area contributed by atoms with Crippen molar-refractivity contribution in [1.29, 1.82) is 0 Å². The molecule has 1 aliphatic rings. The lowest BCUT2D eigenvalue weighted by molar-refractivity contribution is 0.603. The molecule has 1 unspecified atom stereocenters. The summed E-state index contributed by atoms with van der Waals surface area (Å²) in [6.07, 6.45) is 6.97. The summed E-state index contributed by atoms with van der Waals surface area (Å²) in [5, 5.41) is 7.67. The first kappa shape index (κ1) is 10.5. The molecular weight excluding hydrogens is 212 g/mol. The van der Waals surface area contributed by atoms with Gasteiger partial charge in [0.2, 0.25) is 0 Å². The minimum atomic E-state index is 0.640. The van der Waals surface area contributed by atoms with Crippen molar-refractivity contribution in [2.45, 2.75) is 25.3 Å². The molecular formula is C13H16N4. The van der Waals surface area contributed by atoms with Crippen LogP contribution in [0, 0.1) is 0 Å². The van der Waals surface area contributed by atoms with Crippen molar-refractivity contribution in [2.24, 2.45) is 0 Å². The summed E-state index contributed by atoms with van der Waals surface area (Å²) in [5.41, 5.74) is 2.44. The van der Waals surface area contributed by atoms with Gasteiger partial charge in [-0.2, -0.15) is 5.10 Å². The number of hydrogen-bond donors (Lipinski definition) is 1. The van der Waals surface area contributed by atoms with Crippen molar-refractivity contribution in [2.75, 3.05) is 6.54 Å². The highest BCUT2D eigenvalue weighted by atomic mass is 15.3. The molecule has 0 aliphatic carbocycles. The highest BCUT2D eigenvalue weighted by Gasteiger charge is 2.14. The summed E-state index contributed by atoms with van der Waals surface area (Å²) in [6, 6.07) is 9.15. The van der Waals surface area contributed by atoms with Crippen LogP contribution >= 0.6 is 0 Å². The van der Waals surface area contributed by atoms with E-state index in [1.54, 1.807) is 17.3 Å². The van der Waals surface area contributed by atoms with Gasteiger partial charge in [0.05, 0.1) is 5.69 Å². The van der Waals surface area contributed by atoms with Gasteiger partial charge in [0.25, 0.3) is 0 Å². The van der Waals surface area contributed by atoms with E-state index in [0.29, 0.717) is 6.04 Å². The van der Waals surface area contributed by atoms with Crippen LogP contribution in [-0.2, 0) is 6.42 Å². The van der Waals surface area contributed by atoms with E-state index in [2.05, 4.69) is 39.7 Å². The van der Waals surface area contributed by atoms with Gasteiger partial charge < -0.3 is 5.32 Å². The summed E-state index contributed by atoms with van der Waals surface area (Å²) >= 11 is 0. The summed E-state index contributed by atoms with van der Waals surface area (Å²) < 4.78 is 1.80. The molecule has 0 radical (unpaired) electrons. The summed E-state index contributed by atoms with van der Waals surface area (Å²) in [5.74, 6) is 0. The Labute approximate surface area is 101 Å². The lowest BCUT2D eigenvalue weighted by atomic mass is 10.0. The Morgan fingerprint density at radius 2 is 2.41 bits per heavy atom. The topological polar surface area (TPSA) is 42.7 Å². The zero-order chi connectivity index (χ0) is 11.5. The average Bonchev–Trinajstić information content (AvgIpc) is 3.01. The second kappa shape index (κ2) is 4.67. The van der Waals surface area contributed by atoms with Crippen LogP contribution in [0.3, 0.4) is 0 Å². The Balaban J connectivity index is 1.79. The van der Waals surface area contributed by atoms with E-state index in [1.165, 1.54) is 18.4 Å². The van der Waals surface area contributed by atoms with Gasteiger partial charge in [-0.15, -0.1) is 0 Å². The van der Waals surface area contributed by atoms with Crippen LogP contribution in [-0.4, -0.2) is 27.4 Å². The zero-order valence-electron chi connectivity index (χ0n) is 9.71. The maximum Gasteiger partial charge on any atom is 0.138 e. The molecule has 0 spiro atoms. The fourth-order valence-electron chi connectivity index (χ4n) is 2.38. The molecule has 2 aromatic rings. The number of aromatic nitrogens is 3. The maximum absolute atomic E-state index is 4.15. The van der Waals surface area contributed by atoms with E-state index >= 15 is 0 Å². The summed E-state index contributed by atoms with van der Waals surface area (Å²) in [6.45, 7) is 1.16. The molecule has 0 bridgehead atoms. The molecule has 88 valence electrons. The Kier molecular flexibility index (Phi) is 2.88. The van der Waals surface area contributed by atoms with Crippen LogP contribution in [0.4, 0.5) is 0 Å². The number of nitrogens with zero attached hydrogens (tertiary/aromatic N) is 3. The van der Waals surface area contributed by atoms with Crippen molar-refractivity contribution in [1.82, 2.24) is 20.1 Å². The Bertz CT molecular complexity index is 472. The molecule has 1 aromatic carbocycles. The molecule has 1 fully saturated rings. The Morgan fingerprint density at radius 1 is 1.41 bits per heavy atom. The molecule has 4 nitrogen and oxygen atoms in total. The minimum absolute atomic E-state index is 0.640. The molecule has 1 atom stereocenters. The maximum atomic E-state index is 4.15. The minimum Gasteiger partial charge on any atom is -0.314 e. The summed E-state index contributed by atoms with van der Waals surface area (Å²) in [7, 11) is 0. The van der Waals surface area contributed by atoms with Gasteiger partial charge in [0, 0.05) is 6.04 Å². The van der Waals surface area contributed by atoms with E-state index in [1.807, 2.05) is 0 Å². The Hall–Kier alpha value is -1.68. The molecule has 1 aliphatic heterocycles. The second-order valence-corrected chi connectivity index (χ2v) is 4.51. The van der Waals surface area contributed by atoms with Gasteiger partial charge in [-0.3, -0.25) is 0 Å². The predicted octanol–water partition coefficient (Wildman–Crippen LogP) is 1.56. The molecule has 2 heterocycles. The fraction of sp³-hybridized carbons (Fsp3) is 0.385. The van der Waals surface area contributed by atoms with Crippen molar-refractivity contribution in [3.05, 3.63) is 42.5 Å². The molecule has 4 heteroatoms. The largest absolute Gasteiger partial charge is 0.314 e. The van der Waals surface area contributed by atoms with Gasteiger partial charge in [-0.1, -0.05) is 12.1 Å². The standard InChI is InChI=1S/C13H16N4/c1-3-11(7-12-4-2-6-15-12)8-13(5-1)17-10-14-9-16-17/h1,3,5,8-10,12,15H,2,4,6-7H2. The quantitative estimate of drug-likeness (QED) is 0.867. The SMILES string of the molecule is c1cc(CC2CCCN2)cc(-n2cncn2)c1. The first-order valence-electron chi connectivity index (χ1n) is 6.09. The third-order valence-corrected chi connectivity index (χ3v) is 3.24. The first-order chi connectivity index (χ1) is 8.42. The van der Waals surface area contributed by atoms with Gasteiger partial charge >= 0.3 is 0 Å². The smallest absolute Gasteiger partial charge is 0.138 e. The molecule has 1 aromatic heterocycles. The van der Waals surface area contributed by atoms with Crippen molar-refractivity contribution in [3.8, 4) is 5.69 Å². The van der Waals surface area contributed by atoms with Crippen molar-refractivity contribution < 1.29 is 0 Å². The second-order valence-electron chi connectivity index (χ2n) is 4.51. The third-order valence-electron chi connectivity index (χ3n) is 3.24. The number of hydrogen-bond acceptors (Lipinski definition) is 3. The van der Waals surface area contributed by atoms with Gasteiger partial charge in [-0.25, -0.2) is 9.67 Å². The van der Waals surface area contributed by atoms with Crippen molar-refractivity contribution in [3.63, 3.8) is 0 Å². The van der Waals surface area contributed by atoms with Crippen LogP contribution < -0.4 is 5.32 Å². The molecule has 1 saturated heterocycles. The van der Waals surface area contributed by atoms with Crippen molar-refractivity contribution >= 4 is 0 Å². The highest BCUT2D eigenvalue weighted by molar-refractivity contribution is 5.35. The lowest BCUT2D eigenvalue weighted by Gasteiger charge is -2.11. The van der Waals surface area contributed by atoms with Gasteiger partial charge in [0.15, 0.2) is 0 Å². The third kappa shape index (κ3) is 2.36. The average molecular weight is 228 g/mol. The predicted molar refractivity (Wildman–Crippen MR) is 66.1 cm³/mol. The van der Waals surface area contributed by atoms with E-state index < -0.39 is 0 Å². The number of rotatable bonds is 3. The van der Waals surface area contributed by atoms with E-state index in [4.69, 9.17) is 0 Å². The molecule has 1 N–H and O–H groups in total. The van der Waals surface area contributed by atoms with Crippen LogP contribution in [0.2, 0.25) is 0 Å². The normalized spacial score (nSPS) is 19.6. The number of nitrogens with one attached hydrogen (secondary N) is 1. The van der Waals surface area contributed by atoms with E-state index in [0.717, 1.165) is 18.7 Å². The number of benzene rings is 1. The van der Waals surface area contributed by atoms with Gasteiger partial charge in [0.1, 0.15) is 12.7 Å². The molecule has 17 heavy (non-hydrogen) atoms. The monoisotopic (exact) mass is 228 g/mol. The van der Waals surface area contributed by atoms with E-state index in [9.17, 15) is 0 Å². The van der Waals surface area contributed by atoms with Crippen LogP contribution in [0.15, 0.2) is 36.9 Å². The molecule has 0 saturated carbocycles. The van der Waals surface area contributed by atoms with Crippen LogP contribution in [0.5, 0.6) is 0 Å². The summed E-state index contributed by atoms with van der Waals surface area (Å²) in [4.78, 5) is 3.97. The highest BCUT2D eigenvalue weighted by Crippen LogP contribution is 2.15. The molecule has 3 rings (SSSR count).